The van der Waals surface area contributed by atoms with Gasteiger partial charge in [-0.3, -0.25) is 4.79 Å². The second-order valence-electron chi connectivity index (χ2n) is 4.18. The van der Waals surface area contributed by atoms with Crippen LogP contribution in [0.2, 0.25) is 10.0 Å². The van der Waals surface area contributed by atoms with E-state index in [0.29, 0.717) is 22.0 Å². The van der Waals surface area contributed by atoms with Gasteiger partial charge in [0.2, 0.25) is 0 Å². The van der Waals surface area contributed by atoms with Crippen molar-refractivity contribution in [2.45, 2.75) is 19.3 Å². The van der Waals surface area contributed by atoms with Gasteiger partial charge in [0.25, 0.3) is 0 Å². The standard InChI is InChI=1S/C12H14Cl2O3S/c1-18(16,17)6-2-3-11(15)7-9-4-5-10(13)8-12(9)14/h4-5,8H,2-3,6-7H2,1H3. The summed E-state index contributed by atoms with van der Waals surface area (Å²) in [6, 6.07) is 4.97. The molecule has 0 N–H and O–H groups in total. The fraction of sp³-hybridized carbons (Fsp3) is 0.417. The molecular formula is C12H14Cl2O3S. The van der Waals surface area contributed by atoms with Crippen LogP contribution < -0.4 is 0 Å². The summed E-state index contributed by atoms with van der Waals surface area (Å²) in [4.78, 5) is 11.6. The lowest BCUT2D eigenvalue weighted by Gasteiger charge is -2.04. The average molecular weight is 309 g/mol. The van der Waals surface area contributed by atoms with Gasteiger partial charge >= 0.3 is 0 Å². The molecule has 0 aliphatic carbocycles. The van der Waals surface area contributed by atoms with E-state index in [2.05, 4.69) is 0 Å². The van der Waals surface area contributed by atoms with Gasteiger partial charge in [0.1, 0.15) is 15.6 Å². The van der Waals surface area contributed by atoms with Crippen LogP contribution in [-0.4, -0.2) is 26.2 Å². The summed E-state index contributed by atoms with van der Waals surface area (Å²) in [6.45, 7) is 0. The summed E-state index contributed by atoms with van der Waals surface area (Å²) < 4.78 is 21.8. The number of carbonyl (C=O) groups is 1. The Hall–Kier alpha value is -0.580. The summed E-state index contributed by atoms with van der Waals surface area (Å²) in [5.74, 6) is 0.00969. The third-order valence-electron chi connectivity index (χ3n) is 2.37. The van der Waals surface area contributed by atoms with Crippen LogP contribution in [-0.2, 0) is 21.1 Å². The minimum absolute atomic E-state index is 0.0251. The first-order chi connectivity index (χ1) is 8.28. The Morgan fingerprint density at radius 3 is 2.50 bits per heavy atom. The van der Waals surface area contributed by atoms with E-state index in [9.17, 15) is 13.2 Å². The molecule has 0 bridgehead atoms. The lowest BCUT2D eigenvalue weighted by Crippen LogP contribution is -2.08. The van der Waals surface area contributed by atoms with E-state index in [0.717, 1.165) is 6.26 Å². The van der Waals surface area contributed by atoms with Crippen molar-refractivity contribution < 1.29 is 13.2 Å². The molecule has 0 heterocycles. The van der Waals surface area contributed by atoms with Gasteiger partial charge in [-0.15, -0.1) is 0 Å². The third kappa shape index (κ3) is 5.85. The highest BCUT2D eigenvalue weighted by atomic mass is 35.5. The van der Waals surface area contributed by atoms with E-state index in [1.54, 1.807) is 18.2 Å². The van der Waals surface area contributed by atoms with E-state index < -0.39 is 9.84 Å². The highest BCUT2D eigenvalue weighted by Crippen LogP contribution is 2.21. The van der Waals surface area contributed by atoms with E-state index in [1.165, 1.54) is 0 Å². The smallest absolute Gasteiger partial charge is 0.147 e. The first-order valence-corrected chi connectivity index (χ1v) is 8.23. The fourth-order valence-corrected chi connectivity index (χ4v) is 2.64. The summed E-state index contributed by atoms with van der Waals surface area (Å²) in [5.41, 5.74) is 0.713. The van der Waals surface area contributed by atoms with Gasteiger partial charge in [0.05, 0.1) is 5.75 Å². The Labute approximate surface area is 117 Å². The molecule has 0 unspecified atom stereocenters. The molecule has 0 atom stereocenters. The molecule has 1 aromatic carbocycles. The van der Waals surface area contributed by atoms with Crippen molar-refractivity contribution in [3.05, 3.63) is 33.8 Å². The lowest BCUT2D eigenvalue weighted by molar-refractivity contribution is -0.118. The molecule has 0 saturated heterocycles. The Morgan fingerprint density at radius 2 is 1.94 bits per heavy atom. The zero-order valence-corrected chi connectivity index (χ0v) is 12.3. The molecule has 0 fully saturated rings. The molecule has 0 aliphatic rings. The number of Topliss-reactive ketones (excluding diaryl/α,β-unsaturated/α-hetero) is 1. The van der Waals surface area contributed by atoms with Crippen LogP contribution in [0.4, 0.5) is 0 Å². The Balaban J connectivity index is 2.50. The van der Waals surface area contributed by atoms with Crippen molar-refractivity contribution in [3.63, 3.8) is 0 Å². The van der Waals surface area contributed by atoms with Gasteiger partial charge < -0.3 is 0 Å². The Bertz CT molecular complexity index is 538. The van der Waals surface area contributed by atoms with Crippen LogP contribution in [0.3, 0.4) is 0 Å². The number of sulfone groups is 1. The van der Waals surface area contributed by atoms with Crippen molar-refractivity contribution in [1.29, 1.82) is 0 Å². The largest absolute Gasteiger partial charge is 0.299 e. The number of benzene rings is 1. The van der Waals surface area contributed by atoms with Crippen molar-refractivity contribution in [3.8, 4) is 0 Å². The van der Waals surface area contributed by atoms with Crippen molar-refractivity contribution >= 4 is 38.8 Å². The van der Waals surface area contributed by atoms with Crippen molar-refractivity contribution in [2.24, 2.45) is 0 Å². The van der Waals surface area contributed by atoms with E-state index in [1.807, 2.05) is 0 Å². The number of hydrogen-bond acceptors (Lipinski definition) is 3. The van der Waals surface area contributed by atoms with Crippen LogP contribution in [0.25, 0.3) is 0 Å². The molecule has 3 nitrogen and oxygen atoms in total. The number of ketones is 1. The van der Waals surface area contributed by atoms with Gasteiger partial charge in [0.15, 0.2) is 0 Å². The summed E-state index contributed by atoms with van der Waals surface area (Å²) in [6.07, 6.45) is 1.96. The predicted molar refractivity (Wildman–Crippen MR) is 74.1 cm³/mol. The summed E-state index contributed by atoms with van der Waals surface area (Å²) >= 11 is 11.7. The van der Waals surface area contributed by atoms with E-state index in [4.69, 9.17) is 23.2 Å². The SMILES string of the molecule is CS(=O)(=O)CCCC(=O)Cc1ccc(Cl)cc1Cl. The minimum atomic E-state index is -3.00. The first kappa shape index (κ1) is 15.5. The highest BCUT2D eigenvalue weighted by molar-refractivity contribution is 7.90. The van der Waals surface area contributed by atoms with Crippen LogP contribution in [0, 0.1) is 0 Å². The first-order valence-electron chi connectivity index (χ1n) is 5.41. The van der Waals surface area contributed by atoms with Gasteiger partial charge in [-0.25, -0.2) is 8.42 Å². The fourth-order valence-electron chi connectivity index (χ4n) is 1.50. The molecule has 1 aromatic rings. The molecule has 0 radical (unpaired) electrons. The average Bonchev–Trinajstić information content (AvgIpc) is 2.20. The normalized spacial score (nSPS) is 11.5. The molecule has 0 amide bonds. The van der Waals surface area contributed by atoms with Crippen LogP contribution >= 0.6 is 23.2 Å². The second-order valence-corrected chi connectivity index (χ2v) is 7.29. The van der Waals surface area contributed by atoms with Gasteiger partial charge in [0, 0.05) is 29.1 Å². The van der Waals surface area contributed by atoms with E-state index in [-0.39, 0.29) is 24.4 Å². The number of halogens is 2. The molecule has 6 heteroatoms. The van der Waals surface area contributed by atoms with Crippen LogP contribution in [0.1, 0.15) is 18.4 Å². The zero-order chi connectivity index (χ0) is 13.8. The minimum Gasteiger partial charge on any atom is -0.299 e. The van der Waals surface area contributed by atoms with Crippen molar-refractivity contribution in [2.75, 3.05) is 12.0 Å². The highest BCUT2D eigenvalue weighted by Gasteiger charge is 2.09. The molecular weight excluding hydrogens is 295 g/mol. The quantitative estimate of drug-likeness (QED) is 0.812. The molecule has 0 aromatic heterocycles. The third-order valence-corrected chi connectivity index (χ3v) is 3.99. The van der Waals surface area contributed by atoms with Crippen molar-refractivity contribution in [1.82, 2.24) is 0 Å². The lowest BCUT2D eigenvalue weighted by atomic mass is 10.1. The number of rotatable bonds is 6. The molecule has 0 aliphatic heterocycles. The zero-order valence-electron chi connectivity index (χ0n) is 9.95. The topological polar surface area (TPSA) is 51.2 Å². The molecule has 18 heavy (non-hydrogen) atoms. The Morgan fingerprint density at radius 1 is 1.28 bits per heavy atom. The van der Waals surface area contributed by atoms with E-state index >= 15 is 0 Å². The molecule has 0 saturated carbocycles. The number of carbonyl (C=O) groups excluding carboxylic acids is 1. The molecule has 100 valence electrons. The maximum Gasteiger partial charge on any atom is 0.147 e. The maximum atomic E-state index is 11.6. The van der Waals surface area contributed by atoms with Crippen LogP contribution in [0.5, 0.6) is 0 Å². The Kier molecular flexibility index (Phi) is 5.63. The number of hydrogen-bond donors (Lipinski definition) is 0. The second kappa shape index (κ2) is 6.55. The van der Waals surface area contributed by atoms with Gasteiger partial charge in [-0.2, -0.15) is 0 Å². The maximum absolute atomic E-state index is 11.6. The predicted octanol–water partition coefficient (Wildman–Crippen LogP) is 2.93. The van der Waals surface area contributed by atoms with Gasteiger partial charge in [-0.05, 0) is 24.1 Å². The summed E-state index contributed by atoms with van der Waals surface area (Å²) in [5, 5.41) is 0.979. The molecule has 1 rings (SSSR count). The van der Waals surface area contributed by atoms with Crippen LogP contribution in [0.15, 0.2) is 18.2 Å². The monoisotopic (exact) mass is 308 g/mol. The summed E-state index contributed by atoms with van der Waals surface area (Å²) in [7, 11) is -3.00. The molecule has 0 spiro atoms. The van der Waals surface area contributed by atoms with Gasteiger partial charge in [-0.1, -0.05) is 29.3 Å².